The molecule has 0 bridgehead atoms. The number of amides is 1. The maximum Gasteiger partial charge on any atom is 0.336 e. The number of hydrogen-bond donors (Lipinski definition) is 0. The number of sulfonamides is 1. The zero-order valence-corrected chi connectivity index (χ0v) is 14.7. The van der Waals surface area contributed by atoms with E-state index in [1.54, 1.807) is 24.3 Å². The molecule has 0 atom stereocenters. The van der Waals surface area contributed by atoms with Gasteiger partial charge in [0.25, 0.3) is 15.9 Å². The van der Waals surface area contributed by atoms with Gasteiger partial charge in [-0.3, -0.25) is 4.79 Å². The number of fused-ring (bicyclic) bond motifs is 2. The van der Waals surface area contributed by atoms with Crippen LogP contribution in [0.1, 0.15) is 28.4 Å². The van der Waals surface area contributed by atoms with Crippen molar-refractivity contribution in [3.63, 3.8) is 0 Å². The van der Waals surface area contributed by atoms with Crippen LogP contribution in [0.5, 0.6) is 0 Å². The fourth-order valence-electron chi connectivity index (χ4n) is 3.17. The topological polar surface area (TPSA) is 84.7 Å². The number of rotatable bonds is 3. The van der Waals surface area contributed by atoms with Crippen LogP contribution in [0.15, 0.2) is 62.6 Å². The van der Waals surface area contributed by atoms with Gasteiger partial charge in [-0.2, -0.15) is 0 Å². The van der Waals surface area contributed by atoms with Crippen molar-refractivity contribution in [3.8, 4) is 0 Å². The van der Waals surface area contributed by atoms with Gasteiger partial charge in [0.1, 0.15) is 10.5 Å². The maximum atomic E-state index is 12.7. The quantitative estimate of drug-likeness (QED) is 0.663. The van der Waals surface area contributed by atoms with Crippen LogP contribution in [0.3, 0.4) is 0 Å². The Balaban J connectivity index is 1.84. The first-order valence-corrected chi connectivity index (χ1v) is 9.57. The van der Waals surface area contributed by atoms with Gasteiger partial charge < -0.3 is 4.42 Å². The summed E-state index contributed by atoms with van der Waals surface area (Å²) in [6.07, 6.45) is 0.776. The Kier molecular flexibility index (Phi) is 3.69. The molecule has 132 valence electrons. The highest BCUT2D eigenvalue weighted by molar-refractivity contribution is 7.90. The van der Waals surface area contributed by atoms with Crippen LogP contribution in [0.4, 0.5) is 0 Å². The fraction of sp³-hybridized carbons (Fsp3) is 0.158. The third kappa shape index (κ3) is 2.43. The van der Waals surface area contributed by atoms with Gasteiger partial charge in [0.2, 0.25) is 0 Å². The summed E-state index contributed by atoms with van der Waals surface area (Å²) in [6.45, 7) is 1.76. The highest BCUT2D eigenvalue weighted by Crippen LogP contribution is 2.32. The first-order chi connectivity index (χ1) is 12.4. The summed E-state index contributed by atoms with van der Waals surface area (Å²) >= 11 is 0. The molecule has 1 aromatic heterocycles. The van der Waals surface area contributed by atoms with Gasteiger partial charge in [-0.05, 0) is 35.7 Å². The molecule has 4 rings (SSSR count). The summed E-state index contributed by atoms with van der Waals surface area (Å²) in [6, 6.07) is 12.8. The van der Waals surface area contributed by atoms with Crippen LogP contribution >= 0.6 is 0 Å². The third-order valence-electron chi connectivity index (χ3n) is 4.53. The molecule has 2 heterocycles. The number of aryl methyl sites for hydroxylation is 1. The van der Waals surface area contributed by atoms with Gasteiger partial charge in [-0.25, -0.2) is 17.5 Å². The average Bonchev–Trinajstić information content (AvgIpc) is 2.82. The predicted molar refractivity (Wildman–Crippen MR) is 95.4 cm³/mol. The molecule has 0 radical (unpaired) electrons. The van der Waals surface area contributed by atoms with Crippen LogP contribution in [0.25, 0.3) is 11.0 Å². The molecule has 7 heteroatoms. The lowest BCUT2D eigenvalue weighted by Gasteiger charge is -2.16. The summed E-state index contributed by atoms with van der Waals surface area (Å²) in [4.78, 5) is 24.5. The van der Waals surface area contributed by atoms with Crippen molar-refractivity contribution in [3.05, 3.63) is 75.6 Å². The van der Waals surface area contributed by atoms with E-state index in [1.807, 2.05) is 13.0 Å². The van der Waals surface area contributed by atoms with Gasteiger partial charge >= 0.3 is 5.63 Å². The summed E-state index contributed by atoms with van der Waals surface area (Å²) in [7, 11) is -3.94. The molecule has 0 N–H and O–H groups in total. The fourth-order valence-corrected chi connectivity index (χ4v) is 4.71. The van der Waals surface area contributed by atoms with Gasteiger partial charge in [0, 0.05) is 11.5 Å². The molecule has 0 saturated heterocycles. The minimum atomic E-state index is -3.94. The van der Waals surface area contributed by atoms with E-state index in [0.29, 0.717) is 16.5 Å². The van der Waals surface area contributed by atoms with Crippen LogP contribution < -0.4 is 5.63 Å². The van der Waals surface area contributed by atoms with E-state index in [1.165, 1.54) is 18.2 Å². The molecule has 0 fully saturated rings. The minimum absolute atomic E-state index is 0.00876. The second-order valence-electron chi connectivity index (χ2n) is 6.09. The van der Waals surface area contributed by atoms with E-state index >= 15 is 0 Å². The smallest absolute Gasteiger partial charge is 0.336 e. The Morgan fingerprint density at radius 2 is 1.81 bits per heavy atom. The lowest BCUT2D eigenvalue weighted by molar-refractivity contribution is 0.0865. The van der Waals surface area contributed by atoms with Crippen molar-refractivity contribution in [2.45, 2.75) is 24.8 Å². The molecule has 1 aliphatic rings. The Morgan fingerprint density at radius 1 is 1.04 bits per heavy atom. The second-order valence-corrected chi connectivity index (χ2v) is 7.92. The van der Waals surface area contributed by atoms with Crippen molar-refractivity contribution >= 4 is 26.9 Å². The molecular weight excluding hydrogens is 354 g/mol. The van der Waals surface area contributed by atoms with Crippen LogP contribution in [0.2, 0.25) is 0 Å². The highest BCUT2D eigenvalue weighted by atomic mass is 32.2. The first kappa shape index (κ1) is 16.5. The largest absolute Gasteiger partial charge is 0.423 e. The molecule has 2 aromatic carbocycles. The molecule has 0 unspecified atom stereocenters. The molecule has 1 aliphatic heterocycles. The molecule has 1 amide bonds. The van der Waals surface area contributed by atoms with Gasteiger partial charge in [-0.1, -0.05) is 31.2 Å². The molecule has 0 spiro atoms. The SMILES string of the molecule is CCc1ccc2c(CN3C(=O)c4ccccc4S3(=O)=O)cc(=O)oc2c1. The Labute approximate surface area is 149 Å². The Hall–Kier alpha value is -2.93. The number of nitrogens with zero attached hydrogens (tertiary/aromatic N) is 1. The molecule has 0 aliphatic carbocycles. The van der Waals surface area contributed by atoms with E-state index in [2.05, 4.69) is 0 Å². The summed E-state index contributed by atoms with van der Waals surface area (Å²) in [5, 5.41) is 0.612. The lowest BCUT2D eigenvalue weighted by atomic mass is 10.1. The van der Waals surface area contributed by atoms with Crippen molar-refractivity contribution in [1.29, 1.82) is 0 Å². The molecule has 0 saturated carbocycles. The maximum absolute atomic E-state index is 12.7. The average molecular weight is 369 g/mol. The van der Waals surface area contributed by atoms with Crippen LogP contribution in [-0.2, 0) is 23.0 Å². The Morgan fingerprint density at radius 3 is 2.54 bits per heavy atom. The molecular formula is C19H15NO5S. The normalized spacial score (nSPS) is 15.4. The van der Waals surface area contributed by atoms with Crippen molar-refractivity contribution in [2.75, 3.05) is 0 Å². The van der Waals surface area contributed by atoms with E-state index in [-0.39, 0.29) is 17.0 Å². The lowest BCUT2D eigenvalue weighted by Crippen LogP contribution is -2.29. The Bertz CT molecular complexity index is 1210. The number of hydrogen-bond acceptors (Lipinski definition) is 5. The third-order valence-corrected chi connectivity index (χ3v) is 6.32. The summed E-state index contributed by atoms with van der Waals surface area (Å²) < 4.78 is 31.5. The van der Waals surface area contributed by atoms with E-state index in [9.17, 15) is 18.0 Å². The summed E-state index contributed by atoms with van der Waals surface area (Å²) in [5.74, 6) is -0.591. The van der Waals surface area contributed by atoms with Gasteiger partial charge in [0.15, 0.2) is 0 Å². The number of carbonyl (C=O) groups excluding carboxylic acids is 1. The highest BCUT2D eigenvalue weighted by Gasteiger charge is 2.41. The van der Waals surface area contributed by atoms with Crippen molar-refractivity contribution < 1.29 is 17.6 Å². The predicted octanol–water partition coefficient (Wildman–Crippen LogP) is 2.70. The van der Waals surface area contributed by atoms with Crippen molar-refractivity contribution in [2.24, 2.45) is 0 Å². The van der Waals surface area contributed by atoms with Crippen molar-refractivity contribution in [1.82, 2.24) is 4.31 Å². The second kappa shape index (κ2) is 5.81. The number of carbonyl (C=O) groups is 1. The monoisotopic (exact) mass is 369 g/mol. The molecule has 3 aromatic rings. The van der Waals surface area contributed by atoms with E-state index in [4.69, 9.17) is 4.42 Å². The van der Waals surface area contributed by atoms with E-state index < -0.39 is 21.6 Å². The van der Waals surface area contributed by atoms with Crippen LogP contribution in [-0.4, -0.2) is 18.6 Å². The van der Waals surface area contributed by atoms with Gasteiger partial charge in [-0.15, -0.1) is 0 Å². The standard InChI is InChI=1S/C19H15NO5S/c1-2-12-7-8-14-13(10-18(21)25-16(14)9-12)11-20-19(22)15-5-3-4-6-17(15)26(20,23)24/h3-10H,2,11H2,1H3. The number of benzene rings is 2. The van der Waals surface area contributed by atoms with Gasteiger partial charge in [0.05, 0.1) is 12.1 Å². The zero-order chi connectivity index (χ0) is 18.5. The summed E-state index contributed by atoms with van der Waals surface area (Å²) in [5.41, 5.74) is 1.38. The van der Waals surface area contributed by atoms with E-state index in [0.717, 1.165) is 16.3 Å². The first-order valence-electron chi connectivity index (χ1n) is 8.13. The van der Waals surface area contributed by atoms with Crippen LogP contribution in [0, 0.1) is 0 Å². The zero-order valence-electron chi connectivity index (χ0n) is 13.9. The molecule has 6 nitrogen and oxygen atoms in total. The molecule has 26 heavy (non-hydrogen) atoms. The minimum Gasteiger partial charge on any atom is -0.423 e.